The molecule has 10 nitrogen and oxygen atoms in total. The number of anilines is 4. The lowest BCUT2D eigenvalue weighted by molar-refractivity contribution is 0.0545. The number of nitrogens with zero attached hydrogens (tertiary/aromatic N) is 6. The number of piperazine rings is 1. The second-order valence-corrected chi connectivity index (χ2v) is 11.6. The van der Waals surface area contributed by atoms with Crippen molar-refractivity contribution < 1.29 is 28.2 Å². The Labute approximate surface area is 242 Å². The Morgan fingerprint density at radius 2 is 1.67 bits per heavy atom. The molecule has 0 unspecified atom stereocenters. The van der Waals surface area contributed by atoms with Gasteiger partial charge in [0.2, 0.25) is 0 Å². The highest BCUT2D eigenvalue weighted by Gasteiger charge is 2.47. The van der Waals surface area contributed by atoms with Crippen molar-refractivity contribution >= 4 is 39.9 Å². The van der Waals surface area contributed by atoms with Crippen molar-refractivity contribution in [3.8, 4) is 0 Å². The Kier molecular flexibility index (Phi) is 6.77. The van der Waals surface area contributed by atoms with Crippen LogP contribution in [-0.2, 0) is 14.9 Å². The van der Waals surface area contributed by atoms with E-state index in [4.69, 9.17) is 19.4 Å². The van der Waals surface area contributed by atoms with Crippen LogP contribution < -0.4 is 14.7 Å². The summed E-state index contributed by atoms with van der Waals surface area (Å²) < 4.78 is 41.7. The number of amides is 1. The van der Waals surface area contributed by atoms with E-state index in [0.29, 0.717) is 70.7 Å². The van der Waals surface area contributed by atoms with Crippen molar-refractivity contribution in [3.63, 3.8) is 0 Å². The zero-order valence-electron chi connectivity index (χ0n) is 23.6. The molecule has 1 N–H and O–H groups in total. The standard InChI is InChI=1S/C30H34F2N6O4/c1-19-26(25-22(32)14-20(31)15-23(25)34-28(19)36-4-6-37(7-5-36)29(39)40)38-18-30(2-10-41-11-3-30)27-24(38)16-21(17-33-27)35-8-12-42-13-9-35/h14-17H,2-13,18H2,1H3,(H,39,40). The molecule has 12 heteroatoms. The number of halogens is 2. The van der Waals surface area contributed by atoms with Crippen molar-refractivity contribution in [2.75, 3.05) is 86.9 Å². The number of pyridine rings is 2. The van der Waals surface area contributed by atoms with E-state index in [-0.39, 0.29) is 16.3 Å². The van der Waals surface area contributed by atoms with Crippen molar-refractivity contribution in [1.29, 1.82) is 0 Å². The van der Waals surface area contributed by atoms with Gasteiger partial charge in [-0.25, -0.2) is 18.6 Å². The Hall–Kier alpha value is -3.77. The van der Waals surface area contributed by atoms with Gasteiger partial charge in [0, 0.05) is 82.1 Å². The number of carboxylic acid groups (broad SMARTS) is 1. The summed E-state index contributed by atoms with van der Waals surface area (Å²) in [6, 6.07) is 4.35. The molecule has 0 aliphatic carbocycles. The van der Waals surface area contributed by atoms with Gasteiger partial charge in [-0.3, -0.25) is 4.98 Å². The molecule has 4 aliphatic rings. The van der Waals surface area contributed by atoms with E-state index in [1.807, 2.05) is 18.0 Å². The van der Waals surface area contributed by atoms with Gasteiger partial charge in [0.25, 0.3) is 0 Å². The van der Waals surface area contributed by atoms with Gasteiger partial charge >= 0.3 is 6.09 Å². The molecular weight excluding hydrogens is 546 g/mol. The number of benzene rings is 1. The van der Waals surface area contributed by atoms with Crippen molar-refractivity contribution in [2.45, 2.75) is 25.2 Å². The molecule has 0 radical (unpaired) electrons. The monoisotopic (exact) mass is 580 g/mol. The van der Waals surface area contributed by atoms with Crippen molar-refractivity contribution in [2.24, 2.45) is 0 Å². The molecule has 4 aliphatic heterocycles. The molecule has 3 aromatic rings. The van der Waals surface area contributed by atoms with Crippen LogP contribution in [0.5, 0.6) is 0 Å². The zero-order chi connectivity index (χ0) is 29.0. The number of aromatic nitrogens is 2. The predicted octanol–water partition coefficient (Wildman–Crippen LogP) is 4.05. The van der Waals surface area contributed by atoms with Crippen LogP contribution in [0.2, 0.25) is 0 Å². The summed E-state index contributed by atoms with van der Waals surface area (Å²) in [5, 5.41) is 9.72. The van der Waals surface area contributed by atoms with Gasteiger partial charge in [-0.15, -0.1) is 0 Å². The van der Waals surface area contributed by atoms with Crippen LogP contribution in [0.15, 0.2) is 24.4 Å². The SMILES string of the molecule is Cc1c(N2CCN(C(=O)O)CC2)nc2cc(F)cc(F)c2c1N1CC2(CCOCC2)c2ncc(N3CCOCC3)cc21. The summed E-state index contributed by atoms with van der Waals surface area (Å²) >= 11 is 0. The summed E-state index contributed by atoms with van der Waals surface area (Å²) in [6.45, 7) is 8.08. The minimum absolute atomic E-state index is 0.232. The summed E-state index contributed by atoms with van der Waals surface area (Å²) in [6.07, 6.45) is 2.57. The predicted molar refractivity (Wildman–Crippen MR) is 154 cm³/mol. The van der Waals surface area contributed by atoms with Crippen LogP contribution in [0.1, 0.15) is 24.1 Å². The lowest BCUT2D eigenvalue weighted by atomic mass is 9.78. The highest BCUT2D eigenvalue weighted by Crippen LogP contribution is 2.52. The minimum Gasteiger partial charge on any atom is -0.465 e. The van der Waals surface area contributed by atoms with E-state index in [0.717, 1.165) is 54.6 Å². The van der Waals surface area contributed by atoms with Crippen LogP contribution in [0.4, 0.5) is 36.5 Å². The second kappa shape index (κ2) is 10.5. The van der Waals surface area contributed by atoms with Gasteiger partial charge < -0.3 is 34.2 Å². The first-order chi connectivity index (χ1) is 20.3. The minimum atomic E-state index is -0.957. The second-order valence-electron chi connectivity index (χ2n) is 11.6. The first kappa shape index (κ1) is 27.1. The van der Waals surface area contributed by atoms with Crippen LogP contribution >= 0.6 is 0 Å². The van der Waals surface area contributed by atoms with Gasteiger partial charge in [-0.05, 0) is 25.8 Å². The van der Waals surface area contributed by atoms with Crippen LogP contribution in [0, 0.1) is 18.6 Å². The maximum absolute atomic E-state index is 15.8. The summed E-state index contributed by atoms with van der Waals surface area (Å²) in [4.78, 5) is 29.2. The Morgan fingerprint density at radius 1 is 0.952 bits per heavy atom. The Morgan fingerprint density at radius 3 is 2.38 bits per heavy atom. The molecule has 2 aromatic heterocycles. The zero-order valence-corrected chi connectivity index (χ0v) is 23.6. The van der Waals surface area contributed by atoms with Gasteiger partial charge in [-0.2, -0.15) is 0 Å². The lowest BCUT2D eigenvalue weighted by Crippen LogP contribution is -2.48. The summed E-state index contributed by atoms with van der Waals surface area (Å²) in [5.41, 5.74) is 4.27. The number of hydrogen-bond acceptors (Lipinski definition) is 8. The number of hydrogen-bond donors (Lipinski definition) is 1. The van der Waals surface area contributed by atoms with Crippen LogP contribution in [0.25, 0.3) is 10.9 Å². The van der Waals surface area contributed by atoms with E-state index in [1.54, 1.807) is 0 Å². The van der Waals surface area contributed by atoms with Gasteiger partial charge in [0.15, 0.2) is 0 Å². The average molecular weight is 581 g/mol. The highest BCUT2D eigenvalue weighted by molar-refractivity contribution is 5.99. The topological polar surface area (TPSA) is 94.5 Å². The van der Waals surface area contributed by atoms with Crippen LogP contribution in [0.3, 0.4) is 0 Å². The van der Waals surface area contributed by atoms with Crippen molar-refractivity contribution in [1.82, 2.24) is 14.9 Å². The molecule has 42 heavy (non-hydrogen) atoms. The molecule has 3 fully saturated rings. The molecule has 0 saturated carbocycles. The fourth-order valence-electron chi connectivity index (χ4n) is 7.00. The third-order valence-electron chi connectivity index (χ3n) is 9.24. The Balaban J connectivity index is 1.40. The number of ether oxygens (including phenoxy) is 2. The quantitative estimate of drug-likeness (QED) is 0.492. The summed E-state index contributed by atoms with van der Waals surface area (Å²) in [7, 11) is 0. The molecule has 7 rings (SSSR count). The first-order valence-corrected chi connectivity index (χ1v) is 14.6. The first-order valence-electron chi connectivity index (χ1n) is 14.6. The number of fused-ring (bicyclic) bond motifs is 3. The normalized spacial score (nSPS) is 20.5. The number of carbonyl (C=O) groups is 1. The lowest BCUT2D eigenvalue weighted by Gasteiger charge is -2.36. The highest BCUT2D eigenvalue weighted by atomic mass is 19.1. The van der Waals surface area contributed by atoms with E-state index >= 15 is 4.39 Å². The summed E-state index contributed by atoms with van der Waals surface area (Å²) in [5.74, 6) is -0.744. The molecule has 0 atom stereocenters. The molecule has 1 aromatic carbocycles. The smallest absolute Gasteiger partial charge is 0.407 e. The maximum atomic E-state index is 15.8. The van der Waals surface area contributed by atoms with Gasteiger partial charge in [-0.1, -0.05) is 0 Å². The van der Waals surface area contributed by atoms with E-state index < -0.39 is 17.7 Å². The van der Waals surface area contributed by atoms with Gasteiger partial charge in [0.05, 0.1) is 53.1 Å². The number of rotatable bonds is 3. The number of morpholine rings is 1. The van der Waals surface area contributed by atoms with E-state index in [9.17, 15) is 14.3 Å². The Bertz CT molecular complexity index is 1530. The van der Waals surface area contributed by atoms with Crippen molar-refractivity contribution in [3.05, 3.63) is 47.3 Å². The molecular formula is C30H34F2N6O4. The molecule has 0 bridgehead atoms. The van der Waals surface area contributed by atoms with Gasteiger partial charge in [0.1, 0.15) is 17.5 Å². The van der Waals surface area contributed by atoms with E-state index in [2.05, 4.69) is 15.9 Å². The molecule has 6 heterocycles. The molecule has 1 spiro atoms. The molecule has 3 saturated heterocycles. The molecule has 1 amide bonds. The maximum Gasteiger partial charge on any atom is 0.407 e. The largest absolute Gasteiger partial charge is 0.465 e. The van der Waals surface area contributed by atoms with Crippen LogP contribution in [-0.4, -0.2) is 98.3 Å². The molecule has 222 valence electrons. The third-order valence-corrected chi connectivity index (χ3v) is 9.24. The fourth-order valence-corrected chi connectivity index (χ4v) is 7.00. The fraction of sp³-hybridized carbons (Fsp3) is 0.500. The third kappa shape index (κ3) is 4.48. The van der Waals surface area contributed by atoms with E-state index in [1.165, 1.54) is 11.0 Å². The average Bonchev–Trinajstić information content (AvgIpc) is 3.30.